The molecule has 0 saturated heterocycles. The van der Waals surface area contributed by atoms with Crippen LogP contribution in [0.25, 0.3) is 0 Å². The Labute approximate surface area is 136 Å². The zero-order chi connectivity index (χ0) is 16.8. The van der Waals surface area contributed by atoms with E-state index in [9.17, 15) is 4.79 Å². The minimum atomic E-state index is -0.193. The summed E-state index contributed by atoms with van der Waals surface area (Å²) in [6.07, 6.45) is 0. The molecule has 1 aromatic heterocycles. The molecule has 1 heterocycles. The molecule has 2 N–H and O–H groups in total. The number of carbonyl (C=O) groups excluding carboxylic acids is 1. The molecule has 6 nitrogen and oxygen atoms in total. The number of benzene rings is 1. The van der Waals surface area contributed by atoms with Crippen molar-refractivity contribution in [1.29, 1.82) is 0 Å². The standard InChI is InChI=1S/C17H22N4O2/c1-11(2)10-18-17(22)15-9-16(20-12(3)19-15)21-13-5-7-14(23-4)8-6-13/h5-9,11H,10H2,1-4H3,(H,18,22)(H,19,20,21). The summed E-state index contributed by atoms with van der Waals surface area (Å²) < 4.78 is 5.13. The Bertz CT molecular complexity index is 669. The topological polar surface area (TPSA) is 76.1 Å². The Morgan fingerprint density at radius 2 is 1.91 bits per heavy atom. The highest BCUT2D eigenvalue weighted by Crippen LogP contribution is 2.19. The van der Waals surface area contributed by atoms with Crippen LogP contribution < -0.4 is 15.4 Å². The van der Waals surface area contributed by atoms with E-state index in [0.717, 1.165) is 11.4 Å². The Morgan fingerprint density at radius 1 is 1.22 bits per heavy atom. The number of rotatable bonds is 6. The van der Waals surface area contributed by atoms with Crippen LogP contribution in [0, 0.1) is 12.8 Å². The second-order valence-corrected chi connectivity index (χ2v) is 5.64. The minimum Gasteiger partial charge on any atom is -0.497 e. The molecule has 0 bridgehead atoms. The van der Waals surface area contributed by atoms with Crippen molar-refractivity contribution in [2.45, 2.75) is 20.8 Å². The van der Waals surface area contributed by atoms with Crippen molar-refractivity contribution in [3.63, 3.8) is 0 Å². The summed E-state index contributed by atoms with van der Waals surface area (Å²) in [4.78, 5) is 20.7. The van der Waals surface area contributed by atoms with Gasteiger partial charge >= 0.3 is 0 Å². The lowest BCUT2D eigenvalue weighted by Crippen LogP contribution is -2.28. The SMILES string of the molecule is COc1ccc(Nc2cc(C(=O)NCC(C)C)nc(C)n2)cc1. The van der Waals surface area contributed by atoms with E-state index in [1.807, 2.05) is 38.1 Å². The number of hydrogen-bond acceptors (Lipinski definition) is 5. The van der Waals surface area contributed by atoms with Crippen LogP contribution >= 0.6 is 0 Å². The predicted molar refractivity (Wildman–Crippen MR) is 90.2 cm³/mol. The van der Waals surface area contributed by atoms with Gasteiger partial charge in [-0.1, -0.05) is 13.8 Å². The maximum absolute atomic E-state index is 12.1. The molecule has 6 heteroatoms. The molecule has 1 aromatic carbocycles. The lowest BCUT2D eigenvalue weighted by molar-refractivity contribution is 0.0943. The maximum Gasteiger partial charge on any atom is 0.270 e. The molecule has 0 aliphatic heterocycles. The van der Waals surface area contributed by atoms with Crippen LogP contribution in [0.3, 0.4) is 0 Å². The summed E-state index contributed by atoms with van der Waals surface area (Å²) in [5, 5.41) is 6.03. The van der Waals surface area contributed by atoms with Crippen molar-refractivity contribution < 1.29 is 9.53 Å². The number of methoxy groups -OCH3 is 1. The number of ether oxygens (including phenoxy) is 1. The number of aryl methyl sites for hydroxylation is 1. The second-order valence-electron chi connectivity index (χ2n) is 5.64. The molecular formula is C17H22N4O2. The van der Waals surface area contributed by atoms with Gasteiger partial charge in [0.1, 0.15) is 23.1 Å². The summed E-state index contributed by atoms with van der Waals surface area (Å²) >= 11 is 0. The molecule has 0 saturated carbocycles. The summed E-state index contributed by atoms with van der Waals surface area (Å²) in [7, 11) is 1.62. The van der Waals surface area contributed by atoms with Gasteiger partial charge in [0.15, 0.2) is 0 Å². The largest absolute Gasteiger partial charge is 0.497 e. The molecule has 122 valence electrons. The van der Waals surface area contributed by atoms with Gasteiger partial charge in [-0.05, 0) is 37.1 Å². The van der Waals surface area contributed by atoms with E-state index in [1.165, 1.54) is 0 Å². The number of nitrogens with one attached hydrogen (secondary N) is 2. The highest BCUT2D eigenvalue weighted by atomic mass is 16.5. The smallest absolute Gasteiger partial charge is 0.270 e. The van der Waals surface area contributed by atoms with Gasteiger partial charge in [-0.2, -0.15) is 0 Å². The molecule has 23 heavy (non-hydrogen) atoms. The zero-order valence-corrected chi connectivity index (χ0v) is 13.9. The highest BCUT2D eigenvalue weighted by Gasteiger charge is 2.11. The van der Waals surface area contributed by atoms with Gasteiger partial charge in [0.2, 0.25) is 0 Å². The van der Waals surface area contributed by atoms with Crippen molar-refractivity contribution >= 4 is 17.4 Å². The van der Waals surface area contributed by atoms with Gasteiger partial charge in [-0.15, -0.1) is 0 Å². The van der Waals surface area contributed by atoms with E-state index >= 15 is 0 Å². The van der Waals surface area contributed by atoms with Gasteiger partial charge < -0.3 is 15.4 Å². The maximum atomic E-state index is 12.1. The summed E-state index contributed by atoms with van der Waals surface area (Å²) in [5.74, 6) is 2.10. The minimum absolute atomic E-state index is 0.193. The Kier molecular flexibility index (Phi) is 5.51. The third kappa shape index (κ3) is 4.95. The molecule has 0 spiro atoms. The molecule has 2 rings (SSSR count). The normalized spacial score (nSPS) is 10.5. The van der Waals surface area contributed by atoms with Gasteiger partial charge in [0, 0.05) is 18.3 Å². The molecule has 0 aliphatic carbocycles. The first-order valence-electron chi connectivity index (χ1n) is 7.53. The van der Waals surface area contributed by atoms with Crippen molar-refractivity contribution in [1.82, 2.24) is 15.3 Å². The fourth-order valence-electron chi connectivity index (χ4n) is 1.96. The van der Waals surface area contributed by atoms with E-state index < -0.39 is 0 Å². The molecule has 2 aromatic rings. The zero-order valence-electron chi connectivity index (χ0n) is 13.9. The van der Waals surface area contributed by atoms with E-state index in [2.05, 4.69) is 20.6 Å². The third-order valence-corrected chi connectivity index (χ3v) is 3.10. The number of anilines is 2. The van der Waals surface area contributed by atoms with Crippen molar-refractivity contribution in [3.8, 4) is 5.75 Å². The molecule has 0 aliphatic rings. The van der Waals surface area contributed by atoms with Crippen molar-refractivity contribution in [2.75, 3.05) is 19.0 Å². The van der Waals surface area contributed by atoms with Crippen LogP contribution in [0.5, 0.6) is 5.75 Å². The number of nitrogens with zero attached hydrogens (tertiary/aromatic N) is 2. The Hall–Kier alpha value is -2.63. The molecule has 1 amide bonds. The van der Waals surface area contributed by atoms with E-state index in [0.29, 0.717) is 29.8 Å². The van der Waals surface area contributed by atoms with Crippen LogP contribution in [-0.4, -0.2) is 29.5 Å². The van der Waals surface area contributed by atoms with E-state index in [1.54, 1.807) is 20.1 Å². The first-order valence-corrected chi connectivity index (χ1v) is 7.53. The molecular weight excluding hydrogens is 292 g/mol. The molecule has 0 radical (unpaired) electrons. The number of aromatic nitrogens is 2. The van der Waals surface area contributed by atoms with Crippen LogP contribution in [0.15, 0.2) is 30.3 Å². The molecule has 0 atom stereocenters. The predicted octanol–water partition coefficient (Wildman–Crippen LogP) is 2.92. The van der Waals surface area contributed by atoms with Crippen LogP contribution in [0.2, 0.25) is 0 Å². The van der Waals surface area contributed by atoms with Crippen LogP contribution in [0.1, 0.15) is 30.2 Å². The summed E-state index contributed by atoms with van der Waals surface area (Å²) in [5.41, 5.74) is 1.21. The Balaban J connectivity index is 2.14. The van der Waals surface area contributed by atoms with Crippen LogP contribution in [-0.2, 0) is 0 Å². The average Bonchev–Trinajstić information content (AvgIpc) is 2.52. The van der Waals surface area contributed by atoms with Crippen LogP contribution in [0.4, 0.5) is 11.5 Å². The lowest BCUT2D eigenvalue weighted by Gasteiger charge is -2.10. The van der Waals surface area contributed by atoms with E-state index in [-0.39, 0.29) is 5.91 Å². The van der Waals surface area contributed by atoms with Gasteiger partial charge in [-0.25, -0.2) is 9.97 Å². The van der Waals surface area contributed by atoms with Crippen molar-refractivity contribution in [2.24, 2.45) is 5.92 Å². The number of amides is 1. The van der Waals surface area contributed by atoms with Gasteiger partial charge in [0.05, 0.1) is 7.11 Å². The fourth-order valence-corrected chi connectivity index (χ4v) is 1.96. The monoisotopic (exact) mass is 314 g/mol. The summed E-state index contributed by atoms with van der Waals surface area (Å²) in [6, 6.07) is 9.12. The average molecular weight is 314 g/mol. The summed E-state index contributed by atoms with van der Waals surface area (Å²) in [6.45, 7) is 6.46. The van der Waals surface area contributed by atoms with E-state index in [4.69, 9.17) is 4.74 Å². The second kappa shape index (κ2) is 7.58. The van der Waals surface area contributed by atoms with Crippen molar-refractivity contribution in [3.05, 3.63) is 41.9 Å². The lowest BCUT2D eigenvalue weighted by atomic mass is 10.2. The highest BCUT2D eigenvalue weighted by molar-refractivity contribution is 5.93. The quantitative estimate of drug-likeness (QED) is 0.857. The number of hydrogen-bond donors (Lipinski definition) is 2. The van der Waals surface area contributed by atoms with Gasteiger partial charge in [-0.3, -0.25) is 4.79 Å². The molecule has 0 fully saturated rings. The third-order valence-electron chi connectivity index (χ3n) is 3.10. The van der Waals surface area contributed by atoms with Gasteiger partial charge in [0.25, 0.3) is 5.91 Å². The fraction of sp³-hybridized carbons (Fsp3) is 0.353. The number of carbonyl (C=O) groups is 1. The molecule has 0 unspecified atom stereocenters. The first-order chi connectivity index (χ1) is 11.0. The Morgan fingerprint density at radius 3 is 2.52 bits per heavy atom. The first kappa shape index (κ1) is 16.7.